The molecule has 0 fully saturated rings. The van der Waals surface area contributed by atoms with Crippen LogP contribution in [-0.4, -0.2) is 14.2 Å². The van der Waals surface area contributed by atoms with Crippen molar-refractivity contribution in [1.29, 1.82) is 0 Å². The molecular weight excluding hydrogens is 205 g/mol. The molecule has 6 heteroatoms. The third-order valence-electron chi connectivity index (χ3n) is 1.36. The Morgan fingerprint density at radius 3 is 2.31 bits per heavy atom. The van der Waals surface area contributed by atoms with Crippen LogP contribution < -0.4 is 0 Å². The van der Waals surface area contributed by atoms with Crippen molar-refractivity contribution in [1.82, 2.24) is 0 Å². The van der Waals surface area contributed by atoms with Crippen molar-refractivity contribution in [3.05, 3.63) is 30.1 Å². The van der Waals surface area contributed by atoms with Crippen LogP contribution in [0.2, 0.25) is 0 Å². The van der Waals surface area contributed by atoms with E-state index in [0.717, 1.165) is 18.2 Å². The predicted octanol–water partition coefficient (Wildman–Crippen LogP) is 1.82. The highest BCUT2D eigenvalue weighted by Crippen LogP contribution is 2.18. The quantitative estimate of drug-likeness (QED) is 0.746. The molecule has 0 aliphatic heterocycles. The van der Waals surface area contributed by atoms with Crippen molar-refractivity contribution < 1.29 is 21.6 Å². The van der Waals surface area contributed by atoms with Gasteiger partial charge in [-0.3, -0.25) is 0 Å². The molecule has 0 spiro atoms. The molecule has 0 heterocycles. The Balaban J connectivity index is 3.24. The van der Waals surface area contributed by atoms with Crippen LogP contribution in [0.3, 0.4) is 0 Å². The van der Waals surface area contributed by atoms with Crippen molar-refractivity contribution in [3.8, 4) is 0 Å². The van der Waals surface area contributed by atoms with E-state index >= 15 is 0 Å². The molecule has 1 aromatic carbocycles. The van der Waals surface area contributed by atoms with Crippen LogP contribution in [-0.2, 0) is 9.84 Å². The molecule has 0 saturated carbocycles. The Hall–Kier alpha value is -1.04. The molecule has 72 valence electrons. The molecule has 0 aliphatic rings. The molecule has 0 unspecified atom stereocenters. The van der Waals surface area contributed by atoms with Gasteiger partial charge in [-0.25, -0.2) is 12.8 Å². The Bertz CT molecular complexity index is 400. The minimum absolute atomic E-state index is 0.557. The Labute approximate surface area is 72.9 Å². The van der Waals surface area contributed by atoms with Gasteiger partial charge in [0.25, 0.3) is 0 Å². The summed E-state index contributed by atoms with van der Waals surface area (Å²) in [5.74, 6) is -4.38. The van der Waals surface area contributed by atoms with E-state index in [4.69, 9.17) is 0 Å². The van der Waals surface area contributed by atoms with Gasteiger partial charge in [0.05, 0.1) is 4.90 Å². The van der Waals surface area contributed by atoms with Crippen molar-refractivity contribution in [2.24, 2.45) is 0 Å². The lowest BCUT2D eigenvalue weighted by atomic mass is 10.4. The fourth-order valence-electron chi connectivity index (χ4n) is 0.747. The zero-order chi connectivity index (χ0) is 10.1. The highest BCUT2D eigenvalue weighted by Gasteiger charge is 2.26. The van der Waals surface area contributed by atoms with E-state index < -0.39 is 26.3 Å². The molecule has 0 radical (unpaired) electrons. The fourth-order valence-corrected chi connectivity index (χ4v) is 1.50. The number of rotatable bonds is 2. The molecule has 1 rings (SSSR count). The van der Waals surface area contributed by atoms with E-state index in [1.165, 1.54) is 0 Å². The van der Waals surface area contributed by atoms with Crippen LogP contribution in [0.25, 0.3) is 0 Å². The molecule has 0 atom stereocenters. The largest absolute Gasteiger partial charge is 0.341 e. The molecule has 1 aromatic rings. The van der Waals surface area contributed by atoms with Crippen LogP contribution in [0.5, 0.6) is 0 Å². The van der Waals surface area contributed by atoms with Gasteiger partial charge in [-0.15, -0.1) is 0 Å². The monoisotopic (exact) mass is 210 g/mol. The van der Waals surface area contributed by atoms with E-state index in [-0.39, 0.29) is 0 Å². The fraction of sp³-hybridized carbons (Fsp3) is 0.143. The van der Waals surface area contributed by atoms with Gasteiger partial charge < -0.3 is 0 Å². The first-order chi connectivity index (χ1) is 5.94. The average Bonchev–Trinajstić information content (AvgIpc) is 2.04. The third-order valence-corrected chi connectivity index (χ3v) is 2.74. The molecule has 2 nitrogen and oxygen atoms in total. The first kappa shape index (κ1) is 10.0. The highest BCUT2D eigenvalue weighted by atomic mass is 32.2. The number of benzene rings is 1. The minimum atomic E-state index is -4.67. The lowest BCUT2D eigenvalue weighted by molar-refractivity contribution is 0.234. The van der Waals surface area contributed by atoms with Crippen molar-refractivity contribution in [3.63, 3.8) is 0 Å². The second-order valence-corrected chi connectivity index (χ2v) is 4.18. The number of hydrogen-bond acceptors (Lipinski definition) is 2. The molecular formula is C7H5F3O2S. The summed E-state index contributed by atoms with van der Waals surface area (Å²) in [6.07, 6.45) is 0. The SMILES string of the molecule is O=S(=O)(c1cccc(F)c1)C(F)F. The van der Waals surface area contributed by atoms with Crippen LogP contribution in [0, 0.1) is 5.82 Å². The van der Waals surface area contributed by atoms with Crippen molar-refractivity contribution in [2.75, 3.05) is 0 Å². The summed E-state index contributed by atoms with van der Waals surface area (Å²) in [4.78, 5) is -0.706. The number of sulfone groups is 1. The summed E-state index contributed by atoms with van der Waals surface area (Å²) in [5, 5.41) is 0. The Kier molecular flexibility index (Phi) is 2.60. The lowest BCUT2D eigenvalue weighted by Crippen LogP contribution is -2.11. The number of alkyl halides is 2. The molecule has 13 heavy (non-hydrogen) atoms. The summed E-state index contributed by atoms with van der Waals surface area (Å²) in [6, 6.07) is 3.52. The van der Waals surface area contributed by atoms with Gasteiger partial charge in [-0.2, -0.15) is 8.78 Å². The smallest absolute Gasteiger partial charge is 0.218 e. The summed E-state index contributed by atoms with van der Waals surface area (Å²) < 4.78 is 57.8. The van der Waals surface area contributed by atoms with Gasteiger partial charge in [-0.1, -0.05) is 6.07 Å². The van der Waals surface area contributed by atoms with Crippen LogP contribution in [0.1, 0.15) is 0 Å². The third kappa shape index (κ3) is 2.00. The normalized spacial score (nSPS) is 12.0. The van der Waals surface area contributed by atoms with Gasteiger partial charge in [0.2, 0.25) is 9.84 Å². The van der Waals surface area contributed by atoms with Crippen molar-refractivity contribution >= 4 is 9.84 Å². The van der Waals surface area contributed by atoms with Gasteiger partial charge >= 0.3 is 5.76 Å². The molecule has 0 aromatic heterocycles. The molecule has 0 aliphatic carbocycles. The van der Waals surface area contributed by atoms with E-state index in [1.54, 1.807) is 0 Å². The first-order valence-electron chi connectivity index (χ1n) is 3.22. The predicted molar refractivity (Wildman–Crippen MR) is 39.6 cm³/mol. The summed E-state index contributed by atoms with van der Waals surface area (Å²) in [6.45, 7) is 0. The maximum atomic E-state index is 12.5. The zero-order valence-corrected chi connectivity index (χ0v) is 7.06. The molecule has 0 N–H and O–H groups in total. The van der Waals surface area contributed by atoms with Gasteiger partial charge in [0.1, 0.15) is 5.82 Å². The van der Waals surface area contributed by atoms with E-state index in [9.17, 15) is 21.6 Å². The van der Waals surface area contributed by atoms with Gasteiger partial charge in [0, 0.05) is 0 Å². The van der Waals surface area contributed by atoms with E-state index in [2.05, 4.69) is 0 Å². The second-order valence-electron chi connectivity index (χ2n) is 2.26. The lowest BCUT2D eigenvalue weighted by Gasteiger charge is -2.01. The van der Waals surface area contributed by atoms with Crippen LogP contribution in [0.4, 0.5) is 13.2 Å². The van der Waals surface area contributed by atoms with Crippen LogP contribution >= 0.6 is 0 Å². The Morgan fingerprint density at radius 1 is 1.23 bits per heavy atom. The van der Waals surface area contributed by atoms with E-state index in [1.807, 2.05) is 0 Å². The van der Waals surface area contributed by atoms with Crippen molar-refractivity contribution in [2.45, 2.75) is 10.7 Å². The second kappa shape index (κ2) is 3.37. The zero-order valence-electron chi connectivity index (χ0n) is 6.25. The molecule has 0 bridgehead atoms. The average molecular weight is 210 g/mol. The minimum Gasteiger partial charge on any atom is -0.218 e. The standard InChI is InChI=1S/C7H5F3O2S/c8-5-2-1-3-6(4-5)13(11,12)7(9)10/h1-4,7H. The highest BCUT2D eigenvalue weighted by molar-refractivity contribution is 7.91. The number of halogens is 3. The topological polar surface area (TPSA) is 34.1 Å². The summed E-state index contributed by atoms with van der Waals surface area (Å²) in [7, 11) is -4.67. The number of hydrogen-bond donors (Lipinski definition) is 0. The summed E-state index contributed by atoms with van der Waals surface area (Å²) >= 11 is 0. The van der Waals surface area contributed by atoms with E-state index in [0.29, 0.717) is 6.07 Å². The first-order valence-corrected chi connectivity index (χ1v) is 4.77. The maximum Gasteiger partial charge on any atom is 0.341 e. The molecule has 0 amide bonds. The summed E-state index contributed by atoms with van der Waals surface area (Å²) in [5.41, 5.74) is 0. The van der Waals surface area contributed by atoms with Gasteiger partial charge in [0.15, 0.2) is 0 Å². The Morgan fingerprint density at radius 2 is 1.85 bits per heavy atom. The van der Waals surface area contributed by atoms with Crippen LogP contribution in [0.15, 0.2) is 29.2 Å². The van der Waals surface area contributed by atoms with Gasteiger partial charge in [-0.05, 0) is 18.2 Å². The maximum absolute atomic E-state index is 12.5. The molecule has 0 saturated heterocycles.